The van der Waals surface area contributed by atoms with Crippen LogP contribution in [0, 0.1) is 0 Å². The Balaban J connectivity index is 1.97. The lowest BCUT2D eigenvalue weighted by atomic mass is 10.1. The molecule has 2 aromatic rings. The van der Waals surface area contributed by atoms with E-state index in [-0.39, 0.29) is 11.9 Å². The minimum atomic E-state index is -0.502. The zero-order chi connectivity index (χ0) is 16.7. The molecule has 0 saturated carbocycles. The van der Waals surface area contributed by atoms with Crippen LogP contribution in [0.3, 0.4) is 0 Å². The first-order valence-corrected chi connectivity index (χ1v) is 7.80. The number of carbonyl (C=O) groups is 1. The molecule has 0 heterocycles. The molecule has 2 aromatic carbocycles. The molecule has 0 unspecified atom stereocenters. The molecule has 0 fully saturated rings. The van der Waals surface area contributed by atoms with E-state index in [0.29, 0.717) is 12.2 Å². The summed E-state index contributed by atoms with van der Waals surface area (Å²) in [6.45, 7) is 3.89. The van der Waals surface area contributed by atoms with Gasteiger partial charge in [-0.1, -0.05) is 37.3 Å². The molecule has 0 saturated heterocycles. The highest BCUT2D eigenvalue weighted by Crippen LogP contribution is 2.18. The minimum absolute atomic E-state index is 0.0955. The number of ether oxygens (including phenoxy) is 2. The van der Waals surface area contributed by atoms with E-state index in [1.807, 2.05) is 68.4 Å². The zero-order valence-corrected chi connectivity index (χ0v) is 13.8. The quantitative estimate of drug-likeness (QED) is 0.847. The standard InChI is InChI=1S/C19H23NO3/c1-4-18(23-17-8-6-5-7-9-17)19(21)20-14(2)15-10-12-16(22-3)13-11-15/h5-14,18H,4H2,1-3H3,(H,20,21)/t14-,18-/m0/s1. The highest BCUT2D eigenvalue weighted by Gasteiger charge is 2.20. The average Bonchev–Trinajstić information content (AvgIpc) is 2.60. The molecule has 0 aliphatic carbocycles. The van der Waals surface area contributed by atoms with Crippen molar-refractivity contribution < 1.29 is 14.3 Å². The van der Waals surface area contributed by atoms with Gasteiger partial charge in [-0.15, -0.1) is 0 Å². The third-order valence-corrected chi connectivity index (χ3v) is 3.66. The molecule has 23 heavy (non-hydrogen) atoms. The van der Waals surface area contributed by atoms with Crippen LogP contribution in [0.5, 0.6) is 11.5 Å². The van der Waals surface area contributed by atoms with E-state index in [9.17, 15) is 4.79 Å². The molecule has 1 N–H and O–H groups in total. The lowest BCUT2D eigenvalue weighted by Crippen LogP contribution is -2.39. The van der Waals surface area contributed by atoms with Gasteiger partial charge < -0.3 is 14.8 Å². The van der Waals surface area contributed by atoms with Crippen LogP contribution in [0.25, 0.3) is 0 Å². The van der Waals surface area contributed by atoms with E-state index in [2.05, 4.69) is 5.32 Å². The number of hydrogen-bond donors (Lipinski definition) is 1. The first kappa shape index (κ1) is 16.9. The monoisotopic (exact) mass is 313 g/mol. The largest absolute Gasteiger partial charge is 0.497 e. The molecule has 4 nitrogen and oxygen atoms in total. The van der Waals surface area contributed by atoms with E-state index in [4.69, 9.17) is 9.47 Å². The Hall–Kier alpha value is -2.49. The molecule has 0 spiro atoms. The summed E-state index contributed by atoms with van der Waals surface area (Å²) in [5, 5.41) is 3.00. The molecule has 2 atom stereocenters. The second kappa shape index (κ2) is 8.22. The van der Waals surface area contributed by atoms with Crippen molar-refractivity contribution in [2.75, 3.05) is 7.11 Å². The predicted molar refractivity (Wildman–Crippen MR) is 90.7 cm³/mol. The summed E-state index contributed by atoms with van der Waals surface area (Å²) in [4.78, 5) is 12.4. The molecular formula is C19H23NO3. The third kappa shape index (κ3) is 4.74. The van der Waals surface area contributed by atoms with Crippen LogP contribution in [-0.4, -0.2) is 19.1 Å². The van der Waals surface area contributed by atoms with Crippen molar-refractivity contribution in [1.82, 2.24) is 5.32 Å². The van der Waals surface area contributed by atoms with Crippen LogP contribution >= 0.6 is 0 Å². The van der Waals surface area contributed by atoms with Gasteiger partial charge in [0.25, 0.3) is 5.91 Å². The van der Waals surface area contributed by atoms with Crippen LogP contribution in [0.2, 0.25) is 0 Å². The van der Waals surface area contributed by atoms with E-state index in [0.717, 1.165) is 11.3 Å². The number of nitrogens with one attached hydrogen (secondary N) is 1. The summed E-state index contributed by atoms with van der Waals surface area (Å²) in [6, 6.07) is 17.0. The lowest BCUT2D eigenvalue weighted by molar-refractivity contribution is -0.128. The second-order valence-electron chi connectivity index (χ2n) is 5.33. The molecule has 122 valence electrons. The van der Waals surface area contributed by atoms with Crippen molar-refractivity contribution in [2.45, 2.75) is 32.4 Å². The molecule has 0 bridgehead atoms. The van der Waals surface area contributed by atoms with Gasteiger partial charge >= 0.3 is 0 Å². The van der Waals surface area contributed by atoms with Gasteiger partial charge in [-0.05, 0) is 43.2 Å². The minimum Gasteiger partial charge on any atom is -0.497 e. The van der Waals surface area contributed by atoms with Gasteiger partial charge in [0.1, 0.15) is 11.5 Å². The summed E-state index contributed by atoms with van der Waals surface area (Å²) < 4.78 is 10.9. The van der Waals surface area contributed by atoms with Crippen molar-refractivity contribution in [3.05, 3.63) is 60.2 Å². The second-order valence-corrected chi connectivity index (χ2v) is 5.33. The smallest absolute Gasteiger partial charge is 0.261 e. The van der Waals surface area contributed by atoms with E-state index in [1.54, 1.807) is 7.11 Å². The average molecular weight is 313 g/mol. The number of para-hydroxylation sites is 1. The fraction of sp³-hybridized carbons (Fsp3) is 0.316. The van der Waals surface area contributed by atoms with E-state index < -0.39 is 6.10 Å². The number of rotatable bonds is 7. The van der Waals surface area contributed by atoms with Crippen LogP contribution in [0.1, 0.15) is 31.9 Å². The topological polar surface area (TPSA) is 47.6 Å². The summed E-state index contributed by atoms with van der Waals surface area (Å²) in [7, 11) is 1.63. The predicted octanol–water partition coefficient (Wildman–Crippen LogP) is 3.73. The van der Waals surface area contributed by atoms with Crippen LogP contribution in [-0.2, 0) is 4.79 Å². The van der Waals surface area contributed by atoms with Gasteiger partial charge in [-0.2, -0.15) is 0 Å². The Morgan fingerprint density at radius 2 is 1.70 bits per heavy atom. The third-order valence-electron chi connectivity index (χ3n) is 3.66. The number of methoxy groups -OCH3 is 1. The summed E-state index contributed by atoms with van der Waals surface area (Å²) >= 11 is 0. The molecule has 0 aliphatic heterocycles. The van der Waals surface area contributed by atoms with Crippen LogP contribution in [0.4, 0.5) is 0 Å². The Bertz CT molecular complexity index is 610. The number of benzene rings is 2. The van der Waals surface area contributed by atoms with Crippen molar-refractivity contribution in [3.63, 3.8) is 0 Å². The fourth-order valence-electron chi connectivity index (χ4n) is 2.27. The maximum absolute atomic E-state index is 12.4. The molecule has 2 rings (SSSR count). The molecule has 1 amide bonds. The molecular weight excluding hydrogens is 290 g/mol. The normalized spacial score (nSPS) is 13.0. The maximum atomic E-state index is 12.4. The van der Waals surface area contributed by atoms with Crippen LogP contribution < -0.4 is 14.8 Å². The van der Waals surface area contributed by atoms with Gasteiger partial charge in [-0.25, -0.2) is 0 Å². The lowest BCUT2D eigenvalue weighted by Gasteiger charge is -2.21. The first-order chi connectivity index (χ1) is 11.1. The molecule has 0 aliphatic rings. The van der Waals surface area contributed by atoms with E-state index in [1.165, 1.54) is 0 Å². The number of amides is 1. The maximum Gasteiger partial charge on any atom is 0.261 e. The van der Waals surface area contributed by atoms with Crippen molar-refractivity contribution >= 4 is 5.91 Å². The van der Waals surface area contributed by atoms with Gasteiger partial charge in [-0.3, -0.25) is 4.79 Å². The van der Waals surface area contributed by atoms with Crippen molar-refractivity contribution in [2.24, 2.45) is 0 Å². The zero-order valence-electron chi connectivity index (χ0n) is 13.8. The van der Waals surface area contributed by atoms with Gasteiger partial charge in [0.15, 0.2) is 6.10 Å². The Morgan fingerprint density at radius 3 is 2.26 bits per heavy atom. The Morgan fingerprint density at radius 1 is 1.04 bits per heavy atom. The van der Waals surface area contributed by atoms with Crippen molar-refractivity contribution in [3.8, 4) is 11.5 Å². The highest BCUT2D eigenvalue weighted by molar-refractivity contribution is 5.81. The van der Waals surface area contributed by atoms with Crippen LogP contribution in [0.15, 0.2) is 54.6 Å². The van der Waals surface area contributed by atoms with Gasteiger partial charge in [0.05, 0.1) is 13.2 Å². The van der Waals surface area contributed by atoms with Crippen molar-refractivity contribution in [1.29, 1.82) is 0 Å². The highest BCUT2D eigenvalue weighted by atomic mass is 16.5. The fourth-order valence-corrected chi connectivity index (χ4v) is 2.27. The molecule has 0 aromatic heterocycles. The summed E-state index contributed by atoms with van der Waals surface area (Å²) in [5.41, 5.74) is 1.02. The summed E-state index contributed by atoms with van der Waals surface area (Å²) in [6.07, 6.45) is 0.105. The Labute approximate surface area is 137 Å². The Kier molecular flexibility index (Phi) is 6.03. The summed E-state index contributed by atoms with van der Waals surface area (Å²) in [5.74, 6) is 1.39. The molecule has 4 heteroatoms. The van der Waals surface area contributed by atoms with E-state index >= 15 is 0 Å². The first-order valence-electron chi connectivity index (χ1n) is 7.80. The number of carbonyl (C=O) groups excluding carboxylic acids is 1. The van der Waals surface area contributed by atoms with Gasteiger partial charge in [0, 0.05) is 0 Å². The van der Waals surface area contributed by atoms with Gasteiger partial charge in [0.2, 0.25) is 0 Å². The number of hydrogen-bond acceptors (Lipinski definition) is 3. The molecule has 0 radical (unpaired) electrons. The SMILES string of the molecule is CC[C@H](Oc1ccccc1)C(=O)N[C@@H](C)c1ccc(OC)cc1.